The molecule has 1 aliphatic heterocycles. The number of hydrogen-bond acceptors (Lipinski definition) is 2. The summed E-state index contributed by atoms with van der Waals surface area (Å²) >= 11 is 0. The minimum absolute atomic E-state index is 0.349. The Hall–Kier alpha value is -1.42. The molecule has 0 fully saturated rings. The first kappa shape index (κ1) is 9.14. The minimum Gasteiger partial charge on any atom is -0.325 e. The summed E-state index contributed by atoms with van der Waals surface area (Å²) in [6.07, 6.45) is 0. The molecule has 1 aromatic rings. The summed E-state index contributed by atoms with van der Waals surface area (Å²) in [7, 11) is -0.806. The molecular formula is C10H13N3Si. The molecule has 0 atom stereocenters. The van der Waals surface area contributed by atoms with Crippen LogP contribution < -0.4 is 10.5 Å². The number of amidine groups is 2. The van der Waals surface area contributed by atoms with Crippen molar-refractivity contribution < 1.29 is 0 Å². The number of benzene rings is 1. The van der Waals surface area contributed by atoms with Crippen LogP contribution in [0.4, 0.5) is 0 Å². The van der Waals surface area contributed by atoms with Crippen LogP contribution in [0.2, 0.25) is 13.1 Å². The third kappa shape index (κ3) is 1.28. The van der Waals surface area contributed by atoms with E-state index in [0.717, 1.165) is 11.1 Å². The summed E-state index contributed by atoms with van der Waals surface area (Å²) in [4.78, 5) is 0. The van der Waals surface area contributed by atoms with E-state index in [2.05, 4.69) is 30.5 Å². The number of nitrogens with one attached hydrogen (secondary N) is 3. The van der Waals surface area contributed by atoms with E-state index >= 15 is 0 Å². The quantitative estimate of drug-likeness (QED) is 0.576. The third-order valence-corrected chi connectivity index (χ3v) is 4.19. The Bertz CT molecular complexity index is 423. The molecule has 0 bridgehead atoms. The minimum atomic E-state index is -0.806. The maximum absolute atomic E-state index is 7.66. The maximum Gasteiger partial charge on any atom is 0.131 e. The number of fused-ring (bicyclic) bond motifs is 1. The van der Waals surface area contributed by atoms with E-state index < -0.39 is 8.80 Å². The van der Waals surface area contributed by atoms with Crippen molar-refractivity contribution in [1.82, 2.24) is 5.32 Å². The molecule has 4 heteroatoms. The molecular weight excluding hydrogens is 190 g/mol. The molecule has 0 unspecified atom stereocenters. The van der Waals surface area contributed by atoms with Crippen molar-refractivity contribution in [2.75, 3.05) is 0 Å². The summed E-state index contributed by atoms with van der Waals surface area (Å²) in [5, 5.41) is 19.3. The van der Waals surface area contributed by atoms with E-state index in [4.69, 9.17) is 10.8 Å². The molecule has 3 nitrogen and oxygen atoms in total. The molecule has 0 spiro atoms. The molecule has 2 rings (SSSR count). The summed E-state index contributed by atoms with van der Waals surface area (Å²) in [6.45, 7) is 4.53. The standard InChI is InChI=1S/C10H13N3Si/c1-14(2)6-3-4-7-8(5-6)10(12)13-9(7)11/h3-5,14H,1-2H3,(H3,11,12,13). The van der Waals surface area contributed by atoms with Gasteiger partial charge in [-0.2, -0.15) is 0 Å². The van der Waals surface area contributed by atoms with E-state index in [-0.39, 0.29) is 0 Å². The molecule has 14 heavy (non-hydrogen) atoms. The smallest absolute Gasteiger partial charge is 0.131 e. The highest BCUT2D eigenvalue weighted by molar-refractivity contribution is 6.70. The Kier molecular flexibility index (Phi) is 2.00. The first-order chi connectivity index (χ1) is 6.59. The highest BCUT2D eigenvalue weighted by Gasteiger charge is 2.21. The van der Waals surface area contributed by atoms with Gasteiger partial charge in [0.25, 0.3) is 0 Å². The average Bonchev–Trinajstić information content (AvgIpc) is 2.42. The third-order valence-electron chi connectivity index (χ3n) is 2.50. The van der Waals surface area contributed by atoms with Crippen molar-refractivity contribution in [3.63, 3.8) is 0 Å². The molecule has 1 heterocycles. The van der Waals surface area contributed by atoms with Gasteiger partial charge in [0.15, 0.2) is 0 Å². The lowest BCUT2D eigenvalue weighted by molar-refractivity contribution is 1.29. The van der Waals surface area contributed by atoms with Gasteiger partial charge in [-0.25, -0.2) is 0 Å². The molecule has 3 N–H and O–H groups in total. The van der Waals surface area contributed by atoms with E-state index in [0.29, 0.717) is 11.7 Å². The number of hydrogen-bond donors (Lipinski definition) is 3. The second-order valence-electron chi connectivity index (χ2n) is 3.83. The summed E-state index contributed by atoms with van der Waals surface area (Å²) < 4.78 is 0. The van der Waals surface area contributed by atoms with E-state index in [9.17, 15) is 0 Å². The Labute approximate surface area is 84.8 Å². The lowest BCUT2D eigenvalue weighted by Crippen LogP contribution is -2.23. The predicted octanol–water partition coefficient (Wildman–Crippen LogP) is 0.634. The maximum atomic E-state index is 7.66. The van der Waals surface area contributed by atoms with Crippen molar-refractivity contribution in [2.24, 2.45) is 0 Å². The zero-order valence-electron chi connectivity index (χ0n) is 8.31. The molecule has 0 saturated carbocycles. The normalized spacial score (nSPS) is 14.5. The Morgan fingerprint density at radius 1 is 1.07 bits per heavy atom. The molecule has 1 aliphatic rings. The predicted molar refractivity (Wildman–Crippen MR) is 61.7 cm³/mol. The molecule has 0 saturated heterocycles. The second-order valence-corrected chi connectivity index (χ2v) is 6.81. The molecule has 0 radical (unpaired) electrons. The van der Waals surface area contributed by atoms with E-state index in [1.165, 1.54) is 5.19 Å². The zero-order valence-corrected chi connectivity index (χ0v) is 9.46. The fourth-order valence-corrected chi connectivity index (χ4v) is 2.59. The fraction of sp³-hybridized carbons (Fsp3) is 0.200. The Morgan fingerprint density at radius 3 is 2.36 bits per heavy atom. The van der Waals surface area contributed by atoms with Gasteiger partial charge in [-0.1, -0.05) is 36.5 Å². The molecule has 0 amide bonds. The van der Waals surface area contributed by atoms with Gasteiger partial charge in [-0.3, -0.25) is 10.8 Å². The largest absolute Gasteiger partial charge is 0.325 e. The van der Waals surface area contributed by atoms with Crippen LogP contribution in [0.1, 0.15) is 11.1 Å². The lowest BCUT2D eigenvalue weighted by atomic mass is 10.1. The van der Waals surface area contributed by atoms with Gasteiger partial charge < -0.3 is 5.32 Å². The van der Waals surface area contributed by atoms with Crippen LogP contribution in [0.15, 0.2) is 18.2 Å². The van der Waals surface area contributed by atoms with Gasteiger partial charge in [-0.05, 0) is 0 Å². The Balaban J connectivity index is 2.55. The zero-order chi connectivity index (χ0) is 10.3. The molecule has 0 aromatic heterocycles. The Morgan fingerprint density at radius 2 is 1.71 bits per heavy atom. The van der Waals surface area contributed by atoms with Crippen molar-refractivity contribution in [3.05, 3.63) is 29.3 Å². The molecule has 1 aromatic carbocycles. The average molecular weight is 203 g/mol. The first-order valence-corrected chi connectivity index (χ1v) is 7.57. The van der Waals surface area contributed by atoms with Crippen LogP contribution >= 0.6 is 0 Å². The lowest BCUT2D eigenvalue weighted by Gasteiger charge is -2.05. The van der Waals surface area contributed by atoms with E-state index in [1.54, 1.807) is 0 Å². The van der Waals surface area contributed by atoms with Crippen LogP contribution in [-0.4, -0.2) is 20.5 Å². The van der Waals surface area contributed by atoms with Crippen LogP contribution in [0.25, 0.3) is 0 Å². The molecule has 0 aliphatic carbocycles. The van der Waals surface area contributed by atoms with Crippen LogP contribution in [-0.2, 0) is 0 Å². The van der Waals surface area contributed by atoms with Crippen LogP contribution in [0.3, 0.4) is 0 Å². The highest BCUT2D eigenvalue weighted by atomic mass is 28.3. The second kappa shape index (κ2) is 3.06. The van der Waals surface area contributed by atoms with Gasteiger partial charge >= 0.3 is 0 Å². The summed E-state index contributed by atoms with van der Waals surface area (Å²) in [5.41, 5.74) is 1.74. The van der Waals surface area contributed by atoms with Gasteiger partial charge in [0.2, 0.25) is 0 Å². The van der Waals surface area contributed by atoms with Crippen molar-refractivity contribution in [1.29, 1.82) is 10.8 Å². The van der Waals surface area contributed by atoms with Crippen molar-refractivity contribution >= 4 is 25.7 Å². The van der Waals surface area contributed by atoms with Gasteiger partial charge in [0.05, 0.1) is 8.80 Å². The summed E-state index contributed by atoms with van der Waals surface area (Å²) in [6, 6.07) is 6.10. The summed E-state index contributed by atoms with van der Waals surface area (Å²) in [5.74, 6) is 0.712. The highest BCUT2D eigenvalue weighted by Crippen LogP contribution is 2.13. The number of rotatable bonds is 1. The van der Waals surface area contributed by atoms with Gasteiger partial charge in [0.1, 0.15) is 11.7 Å². The topological polar surface area (TPSA) is 59.7 Å². The monoisotopic (exact) mass is 203 g/mol. The first-order valence-electron chi connectivity index (χ1n) is 4.68. The van der Waals surface area contributed by atoms with Crippen LogP contribution in [0.5, 0.6) is 0 Å². The van der Waals surface area contributed by atoms with Crippen molar-refractivity contribution in [3.8, 4) is 0 Å². The fourth-order valence-electron chi connectivity index (χ4n) is 1.61. The molecule has 72 valence electrons. The SMILES string of the molecule is C[SiH](C)c1ccc2c(c1)C(=N)NC2=N. The van der Waals surface area contributed by atoms with Crippen LogP contribution in [0, 0.1) is 10.8 Å². The van der Waals surface area contributed by atoms with Crippen molar-refractivity contribution in [2.45, 2.75) is 13.1 Å². The van der Waals surface area contributed by atoms with Gasteiger partial charge in [0, 0.05) is 11.1 Å². The van der Waals surface area contributed by atoms with E-state index in [1.807, 2.05) is 6.07 Å². The van der Waals surface area contributed by atoms with Gasteiger partial charge in [-0.15, -0.1) is 0 Å².